The van der Waals surface area contributed by atoms with E-state index in [4.69, 9.17) is 0 Å². The summed E-state index contributed by atoms with van der Waals surface area (Å²) in [5.41, 5.74) is 4.88. The van der Waals surface area contributed by atoms with E-state index in [0.29, 0.717) is 11.8 Å². The topological polar surface area (TPSA) is 83.0 Å². The number of nitrogens with zero attached hydrogens (tertiary/aromatic N) is 3. The second-order valence-corrected chi connectivity index (χ2v) is 7.39. The summed E-state index contributed by atoms with van der Waals surface area (Å²) in [5.74, 6) is 1.12. The normalized spacial score (nSPS) is 11.9. The molecule has 0 aliphatic rings. The van der Waals surface area contributed by atoms with Crippen molar-refractivity contribution in [3.8, 4) is 11.3 Å². The van der Waals surface area contributed by atoms with Crippen LogP contribution >= 0.6 is 15.9 Å². The first-order chi connectivity index (χ1) is 13.0. The van der Waals surface area contributed by atoms with Crippen LogP contribution in [0.25, 0.3) is 11.3 Å². The molecule has 3 N–H and O–H groups in total. The molecule has 0 amide bonds. The van der Waals surface area contributed by atoms with E-state index in [0.717, 1.165) is 32.5 Å². The second kappa shape index (κ2) is 8.45. The highest BCUT2D eigenvalue weighted by Crippen LogP contribution is 2.29. The molecule has 0 aliphatic carbocycles. The standard InChI is InChI=1S/C20H22BrN5O/c1-12-7-16(21)8-13(2)19(12)25-18-9-17(15-5-4-6-22-10-15)24-20(26-18)23-14(3)11-27/h4-10,14,27H,11H2,1-3H3,(H2,23,24,25,26)/t14-/m0/s1. The van der Waals surface area contributed by atoms with Gasteiger partial charge in [-0.2, -0.15) is 4.98 Å². The molecular formula is C20H22BrN5O. The largest absolute Gasteiger partial charge is 0.394 e. The van der Waals surface area contributed by atoms with Gasteiger partial charge in [0.25, 0.3) is 0 Å². The monoisotopic (exact) mass is 427 g/mol. The van der Waals surface area contributed by atoms with Gasteiger partial charge in [-0.25, -0.2) is 4.98 Å². The Morgan fingerprint density at radius 2 is 1.89 bits per heavy atom. The van der Waals surface area contributed by atoms with Crippen LogP contribution in [-0.4, -0.2) is 32.7 Å². The molecule has 3 aromatic rings. The molecule has 7 heteroatoms. The number of benzene rings is 1. The minimum atomic E-state index is -0.154. The second-order valence-electron chi connectivity index (χ2n) is 6.47. The Morgan fingerprint density at radius 1 is 1.15 bits per heavy atom. The molecule has 0 spiro atoms. The van der Waals surface area contributed by atoms with Crippen LogP contribution in [0, 0.1) is 13.8 Å². The summed E-state index contributed by atoms with van der Waals surface area (Å²) in [6.07, 6.45) is 3.49. The Morgan fingerprint density at radius 3 is 2.52 bits per heavy atom. The van der Waals surface area contributed by atoms with Crippen LogP contribution in [0.4, 0.5) is 17.5 Å². The zero-order chi connectivity index (χ0) is 19.4. The summed E-state index contributed by atoms with van der Waals surface area (Å²) in [4.78, 5) is 13.3. The Labute approximate surface area is 167 Å². The fraction of sp³-hybridized carbons (Fsp3) is 0.250. The van der Waals surface area contributed by atoms with Crippen LogP contribution in [-0.2, 0) is 0 Å². The molecule has 2 heterocycles. The van der Waals surface area contributed by atoms with Crippen molar-refractivity contribution >= 4 is 33.4 Å². The van der Waals surface area contributed by atoms with E-state index in [1.165, 1.54) is 0 Å². The number of halogens is 1. The Kier molecular flexibility index (Phi) is 6.03. The van der Waals surface area contributed by atoms with Crippen LogP contribution in [0.1, 0.15) is 18.1 Å². The van der Waals surface area contributed by atoms with E-state index in [1.807, 2.05) is 25.1 Å². The van der Waals surface area contributed by atoms with Gasteiger partial charge in [0.2, 0.25) is 5.95 Å². The summed E-state index contributed by atoms with van der Waals surface area (Å²) >= 11 is 3.53. The molecule has 0 bridgehead atoms. The van der Waals surface area contributed by atoms with Crippen molar-refractivity contribution < 1.29 is 5.11 Å². The highest BCUT2D eigenvalue weighted by atomic mass is 79.9. The minimum Gasteiger partial charge on any atom is -0.394 e. The summed E-state index contributed by atoms with van der Waals surface area (Å²) in [6.45, 7) is 5.97. The fourth-order valence-electron chi connectivity index (χ4n) is 2.74. The van der Waals surface area contributed by atoms with Crippen LogP contribution in [0.15, 0.2) is 47.2 Å². The van der Waals surface area contributed by atoms with Gasteiger partial charge >= 0.3 is 0 Å². The minimum absolute atomic E-state index is 0.00578. The van der Waals surface area contributed by atoms with Crippen LogP contribution in [0.5, 0.6) is 0 Å². The van der Waals surface area contributed by atoms with Crippen molar-refractivity contribution in [2.75, 3.05) is 17.2 Å². The van der Waals surface area contributed by atoms with E-state index < -0.39 is 0 Å². The number of hydrogen-bond donors (Lipinski definition) is 3. The molecular weight excluding hydrogens is 406 g/mol. The highest BCUT2D eigenvalue weighted by Gasteiger charge is 2.11. The van der Waals surface area contributed by atoms with E-state index in [9.17, 15) is 5.11 Å². The number of nitrogens with one attached hydrogen (secondary N) is 2. The fourth-order valence-corrected chi connectivity index (χ4v) is 3.43. The number of aromatic nitrogens is 3. The van der Waals surface area contributed by atoms with E-state index >= 15 is 0 Å². The molecule has 2 aromatic heterocycles. The van der Waals surface area contributed by atoms with Crippen molar-refractivity contribution in [2.45, 2.75) is 26.8 Å². The lowest BCUT2D eigenvalue weighted by Gasteiger charge is -2.16. The van der Waals surface area contributed by atoms with Crippen molar-refractivity contribution in [1.82, 2.24) is 15.0 Å². The molecule has 6 nitrogen and oxygen atoms in total. The van der Waals surface area contributed by atoms with Crippen LogP contribution in [0.3, 0.4) is 0 Å². The van der Waals surface area contributed by atoms with Gasteiger partial charge in [0.05, 0.1) is 12.3 Å². The zero-order valence-electron chi connectivity index (χ0n) is 15.5. The van der Waals surface area contributed by atoms with Gasteiger partial charge in [0, 0.05) is 40.2 Å². The number of aliphatic hydroxyl groups is 1. The Bertz CT molecular complexity index is 910. The van der Waals surface area contributed by atoms with Crippen molar-refractivity contribution in [3.05, 3.63) is 58.3 Å². The third-order valence-corrected chi connectivity index (χ3v) is 4.54. The maximum atomic E-state index is 9.34. The van der Waals surface area contributed by atoms with Crippen molar-refractivity contribution in [2.24, 2.45) is 0 Å². The third kappa shape index (κ3) is 4.81. The average molecular weight is 428 g/mol. The number of aliphatic hydroxyl groups excluding tert-OH is 1. The highest BCUT2D eigenvalue weighted by molar-refractivity contribution is 9.10. The molecule has 0 radical (unpaired) electrons. The average Bonchev–Trinajstić information content (AvgIpc) is 2.65. The van der Waals surface area contributed by atoms with E-state index in [1.54, 1.807) is 12.4 Å². The molecule has 27 heavy (non-hydrogen) atoms. The lowest BCUT2D eigenvalue weighted by atomic mass is 10.1. The van der Waals surface area contributed by atoms with Crippen molar-refractivity contribution in [1.29, 1.82) is 0 Å². The predicted molar refractivity (Wildman–Crippen MR) is 112 cm³/mol. The summed E-state index contributed by atoms with van der Waals surface area (Å²) in [7, 11) is 0. The van der Waals surface area contributed by atoms with Crippen LogP contribution in [0.2, 0.25) is 0 Å². The van der Waals surface area contributed by atoms with Gasteiger partial charge in [-0.3, -0.25) is 4.98 Å². The van der Waals surface area contributed by atoms with Gasteiger partial charge in [-0.05, 0) is 56.2 Å². The number of rotatable bonds is 6. The maximum Gasteiger partial charge on any atom is 0.225 e. The maximum absolute atomic E-state index is 9.34. The number of anilines is 3. The molecule has 0 aliphatic heterocycles. The summed E-state index contributed by atoms with van der Waals surface area (Å²) in [5, 5.41) is 15.9. The molecule has 1 aromatic carbocycles. The zero-order valence-corrected chi connectivity index (χ0v) is 17.1. The molecule has 0 unspecified atom stereocenters. The van der Waals surface area contributed by atoms with E-state index in [-0.39, 0.29) is 12.6 Å². The van der Waals surface area contributed by atoms with Crippen molar-refractivity contribution in [3.63, 3.8) is 0 Å². The third-order valence-electron chi connectivity index (χ3n) is 4.08. The van der Waals surface area contributed by atoms with Gasteiger partial charge < -0.3 is 15.7 Å². The summed E-state index contributed by atoms with van der Waals surface area (Å²) in [6, 6.07) is 9.69. The first-order valence-corrected chi connectivity index (χ1v) is 9.46. The van der Waals surface area contributed by atoms with Gasteiger partial charge in [-0.1, -0.05) is 15.9 Å². The van der Waals surface area contributed by atoms with E-state index in [2.05, 4.69) is 67.5 Å². The first kappa shape index (κ1) is 19.3. The number of hydrogen-bond acceptors (Lipinski definition) is 6. The number of pyridine rings is 1. The van der Waals surface area contributed by atoms with Gasteiger partial charge in [-0.15, -0.1) is 0 Å². The first-order valence-electron chi connectivity index (χ1n) is 8.67. The molecule has 1 atom stereocenters. The predicted octanol–water partition coefficient (Wildman–Crippen LogP) is 4.45. The molecule has 0 fully saturated rings. The molecule has 140 valence electrons. The van der Waals surface area contributed by atoms with Gasteiger partial charge in [0.15, 0.2) is 0 Å². The SMILES string of the molecule is Cc1cc(Br)cc(C)c1Nc1cc(-c2cccnc2)nc(N[C@@H](C)CO)n1. The molecule has 0 saturated carbocycles. The Balaban J connectivity index is 2.02. The van der Waals surface area contributed by atoms with Gasteiger partial charge in [0.1, 0.15) is 5.82 Å². The molecule has 0 saturated heterocycles. The quantitative estimate of drug-likeness (QED) is 0.538. The smallest absolute Gasteiger partial charge is 0.225 e. The summed E-state index contributed by atoms with van der Waals surface area (Å²) < 4.78 is 1.04. The molecule has 3 rings (SSSR count). The lowest BCUT2D eigenvalue weighted by Crippen LogP contribution is -2.21. The lowest BCUT2D eigenvalue weighted by molar-refractivity contribution is 0.281. The number of aryl methyl sites for hydroxylation is 2. The Hall–Kier alpha value is -2.51. The van der Waals surface area contributed by atoms with Crippen LogP contribution < -0.4 is 10.6 Å².